The zero-order chi connectivity index (χ0) is 16.2. The second-order valence-corrected chi connectivity index (χ2v) is 7.74. The van der Waals surface area contributed by atoms with E-state index in [9.17, 15) is 18.0 Å². The maximum atomic E-state index is 12.3. The number of nitrogens with zero attached hydrogens (tertiary/aromatic N) is 1. The highest BCUT2D eigenvalue weighted by atomic mass is 32.2. The Morgan fingerprint density at radius 3 is 2.77 bits per heavy atom. The summed E-state index contributed by atoms with van der Waals surface area (Å²) in [6, 6.07) is -1.07. The average Bonchev–Trinajstić information content (AvgIpc) is 2.62. The van der Waals surface area contributed by atoms with E-state index >= 15 is 0 Å². The largest absolute Gasteiger partial charge is 0.354 e. The van der Waals surface area contributed by atoms with E-state index in [1.165, 1.54) is 0 Å². The van der Waals surface area contributed by atoms with Crippen molar-refractivity contribution < 1.29 is 18.0 Å². The number of hydrogen-bond donors (Lipinski definition) is 3. The SMILES string of the molecule is CS(=O)(=O)N[C@H]1CCCN(C(=O)N[C@@H]2CCCCNC2=O)C1. The van der Waals surface area contributed by atoms with E-state index in [1.807, 2.05) is 0 Å². The summed E-state index contributed by atoms with van der Waals surface area (Å²) in [5, 5.41) is 5.54. The Hall–Kier alpha value is -1.35. The number of carbonyl (C=O) groups is 2. The summed E-state index contributed by atoms with van der Waals surface area (Å²) in [5.74, 6) is -0.145. The lowest BCUT2D eigenvalue weighted by Crippen LogP contribution is -2.55. The molecule has 0 aliphatic carbocycles. The highest BCUT2D eigenvalue weighted by Gasteiger charge is 2.29. The molecule has 0 aromatic heterocycles. The second kappa shape index (κ2) is 7.28. The Morgan fingerprint density at radius 1 is 1.27 bits per heavy atom. The van der Waals surface area contributed by atoms with Crippen molar-refractivity contribution in [3.63, 3.8) is 0 Å². The third kappa shape index (κ3) is 5.13. The minimum absolute atomic E-state index is 0.145. The van der Waals surface area contributed by atoms with E-state index < -0.39 is 16.1 Å². The van der Waals surface area contributed by atoms with Gasteiger partial charge in [0.1, 0.15) is 6.04 Å². The molecule has 2 atom stereocenters. The minimum atomic E-state index is -3.29. The number of hydrogen-bond acceptors (Lipinski definition) is 4. The lowest BCUT2D eigenvalue weighted by molar-refractivity contribution is -0.122. The molecule has 0 bridgehead atoms. The Kier molecular flexibility index (Phi) is 5.63. The molecular formula is C13H24N4O4S. The van der Waals surface area contributed by atoms with Crippen LogP contribution in [-0.2, 0) is 14.8 Å². The van der Waals surface area contributed by atoms with Crippen molar-refractivity contribution in [1.82, 2.24) is 20.3 Å². The third-order valence-electron chi connectivity index (χ3n) is 3.92. The summed E-state index contributed by atoms with van der Waals surface area (Å²) < 4.78 is 25.1. The molecule has 2 aliphatic rings. The van der Waals surface area contributed by atoms with E-state index in [-0.39, 0.29) is 18.0 Å². The van der Waals surface area contributed by atoms with Crippen molar-refractivity contribution >= 4 is 22.0 Å². The van der Waals surface area contributed by atoms with Crippen LogP contribution >= 0.6 is 0 Å². The number of likely N-dealkylation sites (tertiary alicyclic amines) is 1. The number of piperidine rings is 1. The van der Waals surface area contributed by atoms with Gasteiger partial charge in [0.15, 0.2) is 0 Å². The van der Waals surface area contributed by atoms with Crippen LogP contribution in [0.4, 0.5) is 4.79 Å². The molecule has 3 N–H and O–H groups in total. The topological polar surface area (TPSA) is 108 Å². The summed E-state index contributed by atoms with van der Waals surface area (Å²) in [7, 11) is -3.29. The molecule has 2 saturated heterocycles. The zero-order valence-electron chi connectivity index (χ0n) is 12.8. The van der Waals surface area contributed by atoms with Crippen molar-refractivity contribution in [3.05, 3.63) is 0 Å². The van der Waals surface area contributed by atoms with Crippen LogP contribution in [0, 0.1) is 0 Å². The fourth-order valence-electron chi connectivity index (χ4n) is 2.88. The molecule has 0 spiro atoms. The summed E-state index contributed by atoms with van der Waals surface area (Å²) in [4.78, 5) is 25.7. The molecule has 8 nitrogen and oxygen atoms in total. The fourth-order valence-corrected chi connectivity index (χ4v) is 3.68. The molecule has 2 rings (SSSR count). The third-order valence-corrected chi connectivity index (χ3v) is 4.68. The lowest BCUT2D eigenvalue weighted by atomic mass is 10.1. The zero-order valence-corrected chi connectivity index (χ0v) is 13.6. The summed E-state index contributed by atoms with van der Waals surface area (Å²) in [6.07, 6.45) is 5.00. The maximum absolute atomic E-state index is 12.3. The Labute approximate surface area is 131 Å². The Bertz CT molecular complexity index is 522. The molecule has 0 aromatic rings. The van der Waals surface area contributed by atoms with Gasteiger partial charge in [0.25, 0.3) is 0 Å². The van der Waals surface area contributed by atoms with Crippen molar-refractivity contribution in [2.24, 2.45) is 0 Å². The van der Waals surface area contributed by atoms with Crippen LogP contribution in [0.2, 0.25) is 0 Å². The second-order valence-electron chi connectivity index (χ2n) is 5.96. The van der Waals surface area contributed by atoms with Gasteiger partial charge in [0.05, 0.1) is 6.26 Å². The molecule has 0 saturated carbocycles. The number of urea groups is 1. The van der Waals surface area contributed by atoms with Gasteiger partial charge < -0.3 is 15.5 Å². The average molecular weight is 332 g/mol. The van der Waals surface area contributed by atoms with Gasteiger partial charge in [0, 0.05) is 25.7 Å². The van der Waals surface area contributed by atoms with Crippen molar-refractivity contribution in [2.75, 3.05) is 25.9 Å². The summed E-state index contributed by atoms with van der Waals surface area (Å²) >= 11 is 0. The standard InChI is InChI=1S/C13H24N4O4S/c1-22(20,21)16-10-5-4-8-17(9-10)13(19)15-11-6-2-3-7-14-12(11)18/h10-11,16H,2-9H2,1H3,(H,14,18)(H,15,19)/t10-,11+/m0/s1. The predicted molar refractivity (Wildman–Crippen MR) is 81.8 cm³/mol. The maximum Gasteiger partial charge on any atom is 0.318 e. The summed E-state index contributed by atoms with van der Waals surface area (Å²) in [5.41, 5.74) is 0. The van der Waals surface area contributed by atoms with Crippen LogP contribution in [0.15, 0.2) is 0 Å². The highest BCUT2D eigenvalue weighted by molar-refractivity contribution is 7.88. The van der Waals surface area contributed by atoms with Crippen molar-refractivity contribution in [3.8, 4) is 0 Å². The molecule has 22 heavy (non-hydrogen) atoms. The highest BCUT2D eigenvalue weighted by Crippen LogP contribution is 2.12. The van der Waals surface area contributed by atoms with Crippen LogP contribution < -0.4 is 15.4 Å². The van der Waals surface area contributed by atoms with Gasteiger partial charge in [-0.25, -0.2) is 17.9 Å². The first-order chi connectivity index (χ1) is 10.3. The molecular weight excluding hydrogens is 308 g/mol. The van der Waals surface area contributed by atoms with E-state index in [2.05, 4.69) is 15.4 Å². The quantitative estimate of drug-likeness (QED) is 0.640. The van der Waals surface area contributed by atoms with E-state index in [4.69, 9.17) is 0 Å². The number of carbonyl (C=O) groups excluding carboxylic acids is 2. The monoisotopic (exact) mass is 332 g/mol. The van der Waals surface area contributed by atoms with Gasteiger partial charge in [-0.05, 0) is 32.1 Å². The molecule has 2 fully saturated rings. The van der Waals surface area contributed by atoms with E-state index in [0.29, 0.717) is 32.5 Å². The van der Waals surface area contributed by atoms with Crippen LogP contribution in [0.5, 0.6) is 0 Å². The van der Waals surface area contributed by atoms with E-state index in [1.54, 1.807) is 4.90 Å². The number of amides is 3. The predicted octanol–water partition coefficient (Wildman–Crippen LogP) is -0.622. The van der Waals surface area contributed by atoms with Gasteiger partial charge in [-0.3, -0.25) is 4.79 Å². The molecule has 3 amide bonds. The Balaban J connectivity index is 1.89. The van der Waals surface area contributed by atoms with Crippen molar-refractivity contribution in [1.29, 1.82) is 0 Å². The molecule has 0 unspecified atom stereocenters. The molecule has 2 aliphatic heterocycles. The fraction of sp³-hybridized carbons (Fsp3) is 0.846. The Morgan fingerprint density at radius 2 is 2.05 bits per heavy atom. The molecule has 9 heteroatoms. The lowest BCUT2D eigenvalue weighted by Gasteiger charge is -2.33. The first-order valence-electron chi connectivity index (χ1n) is 7.65. The molecule has 0 radical (unpaired) electrons. The van der Waals surface area contributed by atoms with Crippen LogP contribution in [0.3, 0.4) is 0 Å². The minimum Gasteiger partial charge on any atom is -0.354 e. The molecule has 2 heterocycles. The smallest absolute Gasteiger partial charge is 0.318 e. The van der Waals surface area contributed by atoms with Crippen molar-refractivity contribution in [2.45, 2.75) is 44.2 Å². The van der Waals surface area contributed by atoms with Gasteiger partial charge in [-0.1, -0.05) is 0 Å². The van der Waals surface area contributed by atoms with Crippen LogP contribution in [-0.4, -0.2) is 63.2 Å². The van der Waals surface area contributed by atoms with E-state index in [0.717, 1.165) is 25.5 Å². The molecule has 0 aromatic carbocycles. The van der Waals surface area contributed by atoms with Crippen LogP contribution in [0.1, 0.15) is 32.1 Å². The first kappa shape index (κ1) is 17.0. The summed E-state index contributed by atoms with van der Waals surface area (Å²) in [6.45, 7) is 1.55. The number of rotatable bonds is 3. The van der Waals surface area contributed by atoms with Gasteiger partial charge >= 0.3 is 6.03 Å². The number of nitrogens with one attached hydrogen (secondary N) is 3. The van der Waals surface area contributed by atoms with Gasteiger partial charge in [-0.2, -0.15) is 0 Å². The molecule has 126 valence electrons. The van der Waals surface area contributed by atoms with Crippen LogP contribution in [0.25, 0.3) is 0 Å². The van der Waals surface area contributed by atoms with Gasteiger partial charge in [0.2, 0.25) is 15.9 Å². The number of sulfonamides is 1. The normalized spacial score (nSPS) is 27.0. The van der Waals surface area contributed by atoms with Gasteiger partial charge in [-0.15, -0.1) is 0 Å². The first-order valence-corrected chi connectivity index (χ1v) is 9.55.